The van der Waals surface area contributed by atoms with Crippen LogP contribution in [0.1, 0.15) is 0 Å². The standard InChI is InChI=1S/C48H28OS/c1-2-12-35-33(10-1)34-11-3-4-13-36(34)43-28-31(32-16-9-17-41-40-15-6-8-19-47(40)50-48(32)41)21-24-38(43)42-26-29(20-23-37(35)42)30-22-25-46-44(27-30)39-14-5-7-18-45(39)49-46/h1-28H. The Labute approximate surface area is 293 Å². The highest BCUT2D eigenvalue weighted by atomic mass is 32.1. The lowest BCUT2D eigenvalue weighted by atomic mass is 9.79. The van der Waals surface area contributed by atoms with Crippen molar-refractivity contribution in [3.63, 3.8) is 0 Å². The maximum Gasteiger partial charge on any atom is 0.135 e. The van der Waals surface area contributed by atoms with E-state index in [4.69, 9.17) is 4.42 Å². The molecule has 0 spiro atoms. The molecule has 1 nitrogen and oxygen atoms in total. The molecular weight excluding hydrogens is 625 g/mol. The quantitative estimate of drug-likeness (QED) is 0.181. The summed E-state index contributed by atoms with van der Waals surface area (Å²) >= 11 is 1.89. The molecule has 0 saturated carbocycles. The van der Waals surface area contributed by atoms with Gasteiger partial charge in [-0.05, 0) is 103 Å². The van der Waals surface area contributed by atoms with Crippen molar-refractivity contribution in [1.29, 1.82) is 0 Å². The van der Waals surface area contributed by atoms with Gasteiger partial charge in [-0.15, -0.1) is 11.3 Å². The zero-order chi connectivity index (χ0) is 32.8. The van der Waals surface area contributed by atoms with Gasteiger partial charge >= 0.3 is 0 Å². The molecule has 2 aromatic heterocycles. The summed E-state index contributed by atoms with van der Waals surface area (Å²) in [5.41, 5.74) is 16.7. The SMILES string of the molecule is c1ccc2c(c1)-c1ccccc1-c1cc(-c3cccc4c3sc3ccccc34)ccc1-c1cc(-c3ccc4oc5ccccc5c4c3)ccc1-2. The van der Waals surface area contributed by atoms with Gasteiger partial charge in [-0.1, -0.05) is 133 Å². The molecule has 0 fully saturated rings. The molecule has 232 valence electrons. The molecule has 0 radical (unpaired) electrons. The van der Waals surface area contributed by atoms with Gasteiger partial charge in [0.2, 0.25) is 0 Å². The molecule has 0 saturated heterocycles. The molecule has 11 rings (SSSR count). The average molecular weight is 653 g/mol. The largest absolute Gasteiger partial charge is 0.456 e. The number of hydrogen-bond donors (Lipinski definition) is 0. The first-order chi connectivity index (χ1) is 24.8. The first-order valence-electron chi connectivity index (χ1n) is 17.1. The van der Waals surface area contributed by atoms with Crippen molar-refractivity contribution in [3.8, 4) is 66.8 Å². The molecule has 2 heterocycles. The summed E-state index contributed by atoms with van der Waals surface area (Å²) in [5.74, 6) is 0. The van der Waals surface area contributed by atoms with Crippen LogP contribution in [0.4, 0.5) is 0 Å². The lowest BCUT2D eigenvalue weighted by Gasteiger charge is -2.24. The Morgan fingerprint density at radius 1 is 0.300 bits per heavy atom. The van der Waals surface area contributed by atoms with Gasteiger partial charge < -0.3 is 4.42 Å². The van der Waals surface area contributed by atoms with E-state index >= 15 is 0 Å². The molecule has 2 heteroatoms. The van der Waals surface area contributed by atoms with Crippen molar-refractivity contribution in [3.05, 3.63) is 170 Å². The van der Waals surface area contributed by atoms with Crippen LogP contribution in [0.15, 0.2) is 174 Å². The van der Waals surface area contributed by atoms with Crippen LogP contribution in [-0.4, -0.2) is 0 Å². The second-order valence-corrected chi connectivity index (χ2v) is 14.3. The Balaban J connectivity index is 1.17. The molecule has 8 aromatic carbocycles. The van der Waals surface area contributed by atoms with Crippen molar-refractivity contribution in [1.82, 2.24) is 0 Å². The second kappa shape index (κ2) is 10.6. The van der Waals surface area contributed by atoms with Crippen molar-refractivity contribution < 1.29 is 4.42 Å². The first-order valence-corrected chi connectivity index (χ1v) is 17.9. The van der Waals surface area contributed by atoms with Gasteiger partial charge in [-0.2, -0.15) is 0 Å². The summed E-state index contributed by atoms with van der Waals surface area (Å²) in [6, 6.07) is 62.3. The van der Waals surface area contributed by atoms with E-state index < -0.39 is 0 Å². The van der Waals surface area contributed by atoms with E-state index in [-0.39, 0.29) is 0 Å². The summed E-state index contributed by atoms with van der Waals surface area (Å²) in [7, 11) is 0. The predicted molar refractivity (Wildman–Crippen MR) is 213 cm³/mol. The van der Waals surface area contributed by atoms with Gasteiger partial charge in [0.15, 0.2) is 0 Å². The first kappa shape index (κ1) is 27.7. The van der Waals surface area contributed by atoms with E-state index in [0.29, 0.717) is 0 Å². The van der Waals surface area contributed by atoms with Gasteiger partial charge in [0.25, 0.3) is 0 Å². The van der Waals surface area contributed by atoms with Crippen molar-refractivity contribution in [2.75, 3.05) is 0 Å². The number of hydrogen-bond acceptors (Lipinski definition) is 2. The molecule has 10 aromatic rings. The maximum atomic E-state index is 6.18. The summed E-state index contributed by atoms with van der Waals surface area (Å²) in [4.78, 5) is 0. The average Bonchev–Trinajstić information content (AvgIpc) is 3.75. The van der Waals surface area contributed by atoms with Crippen LogP contribution in [-0.2, 0) is 0 Å². The monoisotopic (exact) mass is 652 g/mol. The summed E-state index contributed by atoms with van der Waals surface area (Å²) < 4.78 is 8.84. The second-order valence-electron chi connectivity index (χ2n) is 13.2. The summed E-state index contributed by atoms with van der Waals surface area (Å²) in [6.45, 7) is 0. The van der Waals surface area contributed by atoms with E-state index in [1.807, 2.05) is 23.5 Å². The lowest BCUT2D eigenvalue weighted by Crippen LogP contribution is -1.98. The Morgan fingerprint density at radius 2 is 0.800 bits per heavy atom. The predicted octanol–water partition coefficient (Wildman–Crippen LogP) is 14.3. The van der Waals surface area contributed by atoms with Crippen LogP contribution in [0.25, 0.3) is 109 Å². The topological polar surface area (TPSA) is 13.1 Å². The Hall–Kier alpha value is -6.22. The number of fused-ring (bicyclic) bond motifs is 14. The Morgan fingerprint density at radius 3 is 1.58 bits per heavy atom. The zero-order valence-electron chi connectivity index (χ0n) is 27.0. The molecule has 0 amide bonds. The Bertz CT molecular complexity index is 2990. The van der Waals surface area contributed by atoms with Gasteiger partial charge in [-0.3, -0.25) is 0 Å². The molecule has 0 bridgehead atoms. The molecule has 0 aliphatic heterocycles. The lowest BCUT2D eigenvalue weighted by molar-refractivity contribution is 0.669. The number of furan rings is 1. The smallest absolute Gasteiger partial charge is 0.135 e. The van der Waals surface area contributed by atoms with Crippen LogP contribution in [0.3, 0.4) is 0 Å². The van der Waals surface area contributed by atoms with Gasteiger partial charge in [0.1, 0.15) is 11.2 Å². The van der Waals surface area contributed by atoms with Crippen LogP contribution in [0.5, 0.6) is 0 Å². The van der Waals surface area contributed by atoms with E-state index in [9.17, 15) is 0 Å². The molecule has 50 heavy (non-hydrogen) atoms. The van der Waals surface area contributed by atoms with E-state index in [0.717, 1.165) is 21.9 Å². The third kappa shape index (κ3) is 4.06. The van der Waals surface area contributed by atoms with Gasteiger partial charge in [-0.25, -0.2) is 0 Å². The van der Waals surface area contributed by atoms with Crippen molar-refractivity contribution >= 4 is 53.4 Å². The number of thiophene rings is 1. The minimum Gasteiger partial charge on any atom is -0.456 e. The maximum absolute atomic E-state index is 6.18. The van der Waals surface area contributed by atoms with Crippen LogP contribution in [0, 0.1) is 0 Å². The fourth-order valence-corrected chi connectivity index (χ4v) is 9.38. The van der Waals surface area contributed by atoms with Crippen LogP contribution < -0.4 is 0 Å². The highest BCUT2D eigenvalue weighted by Gasteiger charge is 2.23. The molecule has 0 N–H and O–H groups in total. The normalized spacial score (nSPS) is 12.0. The Kier molecular flexibility index (Phi) is 5.89. The van der Waals surface area contributed by atoms with E-state index in [1.54, 1.807) is 0 Å². The van der Waals surface area contributed by atoms with Crippen molar-refractivity contribution in [2.24, 2.45) is 0 Å². The van der Waals surface area contributed by atoms with Crippen LogP contribution in [0.2, 0.25) is 0 Å². The summed E-state index contributed by atoms with van der Waals surface area (Å²) in [6.07, 6.45) is 0. The molecule has 0 unspecified atom stereocenters. The van der Waals surface area contributed by atoms with E-state index in [1.165, 1.54) is 86.9 Å². The fraction of sp³-hybridized carbons (Fsp3) is 0. The number of para-hydroxylation sites is 1. The van der Waals surface area contributed by atoms with Crippen molar-refractivity contribution in [2.45, 2.75) is 0 Å². The van der Waals surface area contributed by atoms with Gasteiger partial charge in [0, 0.05) is 30.9 Å². The highest BCUT2D eigenvalue weighted by molar-refractivity contribution is 7.26. The molecule has 1 aliphatic rings. The van der Waals surface area contributed by atoms with Crippen LogP contribution >= 0.6 is 11.3 Å². The molecule has 1 aliphatic carbocycles. The number of rotatable bonds is 2. The minimum absolute atomic E-state index is 0.915. The highest BCUT2D eigenvalue weighted by Crippen LogP contribution is 2.50. The zero-order valence-corrected chi connectivity index (χ0v) is 27.8. The third-order valence-corrected chi connectivity index (χ3v) is 11.7. The third-order valence-electron chi connectivity index (χ3n) is 10.5. The van der Waals surface area contributed by atoms with Gasteiger partial charge in [0.05, 0.1) is 0 Å². The molecular formula is C48H28OS. The number of benzene rings is 8. The summed E-state index contributed by atoms with van der Waals surface area (Å²) in [5, 5.41) is 4.93. The minimum atomic E-state index is 0.915. The van der Waals surface area contributed by atoms with E-state index in [2.05, 4.69) is 158 Å². The molecule has 0 atom stereocenters. The fourth-order valence-electron chi connectivity index (χ4n) is 8.14.